The van der Waals surface area contributed by atoms with E-state index in [0.717, 1.165) is 12.8 Å². The molecule has 5 nitrogen and oxygen atoms in total. The highest BCUT2D eigenvalue weighted by Crippen LogP contribution is 2.30. The zero-order chi connectivity index (χ0) is 12.1. The minimum absolute atomic E-state index is 0.0473. The summed E-state index contributed by atoms with van der Waals surface area (Å²) in [5, 5.41) is 3.68. The monoisotopic (exact) mass is 238 g/mol. The molecule has 0 aliphatic heterocycles. The third-order valence-electron chi connectivity index (χ3n) is 3.10. The average molecular weight is 238 g/mol. The number of hydrogen-bond acceptors (Lipinski definition) is 5. The number of hydrogen-bond donors (Lipinski definition) is 0. The Labute approximate surface area is 101 Å². The molecular formula is C12H18N2O3. The number of esters is 1. The van der Waals surface area contributed by atoms with E-state index in [2.05, 4.69) is 10.1 Å². The highest BCUT2D eigenvalue weighted by molar-refractivity contribution is 5.84. The van der Waals surface area contributed by atoms with E-state index >= 15 is 0 Å². The molecule has 1 aliphatic rings. The molecule has 0 N–H and O–H groups in total. The SMILES string of the molecule is CCOC(=O)c1noc(C2CCCCCC2)n1. The molecule has 0 bridgehead atoms. The van der Waals surface area contributed by atoms with Crippen molar-refractivity contribution in [2.45, 2.75) is 51.4 Å². The van der Waals surface area contributed by atoms with Gasteiger partial charge in [0.1, 0.15) is 0 Å². The van der Waals surface area contributed by atoms with Crippen molar-refractivity contribution in [1.82, 2.24) is 10.1 Å². The van der Waals surface area contributed by atoms with Crippen LogP contribution in [0, 0.1) is 0 Å². The van der Waals surface area contributed by atoms with Gasteiger partial charge in [0, 0.05) is 5.92 Å². The van der Waals surface area contributed by atoms with Crippen LogP contribution in [0.15, 0.2) is 4.52 Å². The molecule has 5 heteroatoms. The normalized spacial score (nSPS) is 17.7. The van der Waals surface area contributed by atoms with Crippen LogP contribution in [0.2, 0.25) is 0 Å². The van der Waals surface area contributed by atoms with Crippen LogP contribution in [0.25, 0.3) is 0 Å². The van der Waals surface area contributed by atoms with Crippen LogP contribution in [0.5, 0.6) is 0 Å². The Bertz CT molecular complexity index is 368. The molecule has 1 aromatic rings. The highest BCUT2D eigenvalue weighted by atomic mass is 16.5. The molecule has 1 aliphatic carbocycles. The Balaban J connectivity index is 2.03. The Morgan fingerprint density at radius 3 is 2.71 bits per heavy atom. The fourth-order valence-electron chi connectivity index (χ4n) is 2.21. The summed E-state index contributed by atoms with van der Waals surface area (Å²) in [6.45, 7) is 2.08. The average Bonchev–Trinajstić information content (AvgIpc) is 2.66. The number of nitrogens with zero attached hydrogens (tertiary/aromatic N) is 2. The molecule has 1 heterocycles. The lowest BCUT2D eigenvalue weighted by atomic mass is 10.0. The van der Waals surface area contributed by atoms with E-state index in [1.807, 2.05) is 0 Å². The van der Waals surface area contributed by atoms with Crippen molar-refractivity contribution in [3.8, 4) is 0 Å². The fraction of sp³-hybridized carbons (Fsp3) is 0.750. The molecule has 0 atom stereocenters. The van der Waals surface area contributed by atoms with Crippen LogP contribution >= 0.6 is 0 Å². The van der Waals surface area contributed by atoms with Gasteiger partial charge in [0.15, 0.2) is 0 Å². The smallest absolute Gasteiger partial charge is 0.379 e. The van der Waals surface area contributed by atoms with E-state index in [-0.39, 0.29) is 5.82 Å². The number of rotatable bonds is 3. The van der Waals surface area contributed by atoms with Gasteiger partial charge in [-0.25, -0.2) is 4.79 Å². The van der Waals surface area contributed by atoms with Crippen LogP contribution in [0.3, 0.4) is 0 Å². The van der Waals surface area contributed by atoms with Crippen molar-refractivity contribution >= 4 is 5.97 Å². The zero-order valence-electron chi connectivity index (χ0n) is 10.1. The first-order valence-corrected chi connectivity index (χ1v) is 6.32. The van der Waals surface area contributed by atoms with Gasteiger partial charge in [-0.1, -0.05) is 25.7 Å². The second-order valence-electron chi connectivity index (χ2n) is 4.37. The van der Waals surface area contributed by atoms with E-state index < -0.39 is 5.97 Å². The van der Waals surface area contributed by atoms with Gasteiger partial charge in [0.25, 0.3) is 5.82 Å². The van der Waals surface area contributed by atoms with Crippen molar-refractivity contribution in [3.63, 3.8) is 0 Å². The van der Waals surface area contributed by atoms with Crippen molar-refractivity contribution < 1.29 is 14.1 Å². The standard InChI is InChI=1S/C12H18N2O3/c1-2-16-12(15)10-13-11(17-14-10)9-7-5-3-4-6-8-9/h9H,2-8H2,1H3. The van der Waals surface area contributed by atoms with Gasteiger partial charge in [0.2, 0.25) is 5.89 Å². The molecule has 0 unspecified atom stereocenters. The van der Waals surface area contributed by atoms with Crippen LogP contribution in [0.4, 0.5) is 0 Å². The molecule has 1 saturated carbocycles. The van der Waals surface area contributed by atoms with Crippen molar-refractivity contribution in [3.05, 3.63) is 11.7 Å². The molecule has 0 radical (unpaired) electrons. The molecule has 0 amide bonds. The van der Waals surface area contributed by atoms with Gasteiger partial charge < -0.3 is 9.26 Å². The molecule has 17 heavy (non-hydrogen) atoms. The van der Waals surface area contributed by atoms with E-state index in [0.29, 0.717) is 18.4 Å². The summed E-state index contributed by atoms with van der Waals surface area (Å²) in [7, 11) is 0. The summed E-state index contributed by atoms with van der Waals surface area (Å²) in [6, 6.07) is 0. The first-order valence-electron chi connectivity index (χ1n) is 6.32. The number of ether oxygens (including phenoxy) is 1. The minimum Gasteiger partial charge on any atom is -0.460 e. The number of carbonyl (C=O) groups is 1. The molecule has 2 rings (SSSR count). The van der Waals surface area contributed by atoms with Gasteiger partial charge in [0.05, 0.1) is 6.61 Å². The maximum absolute atomic E-state index is 11.4. The van der Waals surface area contributed by atoms with Crippen LogP contribution in [-0.2, 0) is 4.74 Å². The van der Waals surface area contributed by atoms with E-state index in [9.17, 15) is 4.79 Å². The second-order valence-corrected chi connectivity index (χ2v) is 4.37. The van der Waals surface area contributed by atoms with Crippen molar-refractivity contribution in [2.24, 2.45) is 0 Å². The lowest BCUT2D eigenvalue weighted by Gasteiger charge is -2.06. The molecule has 0 saturated heterocycles. The number of aromatic nitrogens is 2. The fourth-order valence-corrected chi connectivity index (χ4v) is 2.21. The van der Waals surface area contributed by atoms with Crippen LogP contribution < -0.4 is 0 Å². The summed E-state index contributed by atoms with van der Waals surface area (Å²) in [4.78, 5) is 15.5. The van der Waals surface area contributed by atoms with Crippen LogP contribution in [-0.4, -0.2) is 22.7 Å². The predicted octanol–water partition coefficient (Wildman–Crippen LogP) is 2.68. The predicted molar refractivity (Wildman–Crippen MR) is 60.7 cm³/mol. The van der Waals surface area contributed by atoms with Gasteiger partial charge in [-0.15, -0.1) is 0 Å². The third-order valence-corrected chi connectivity index (χ3v) is 3.10. The molecule has 0 spiro atoms. The van der Waals surface area contributed by atoms with Crippen LogP contribution in [0.1, 0.15) is 67.9 Å². The summed E-state index contributed by atoms with van der Waals surface area (Å²) >= 11 is 0. The first kappa shape index (κ1) is 12.1. The Hall–Kier alpha value is -1.39. The second kappa shape index (κ2) is 5.80. The van der Waals surface area contributed by atoms with Crippen molar-refractivity contribution in [2.75, 3.05) is 6.61 Å². The number of carbonyl (C=O) groups excluding carboxylic acids is 1. The maximum Gasteiger partial charge on any atom is 0.379 e. The Morgan fingerprint density at radius 2 is 2.06 bits per heavy atom. The van der Waals surface area contributed by atoms with Gasteiger partial charge >= 0.3 is 5.97 Å². The quantitative estimate of drug-likeness (QED) is 0.598. The topological polar surface area (TPSA) is 65.2 Å². The molecule has 1 fully saturated rings. The molecule has 1 aromatic heterocycles. The van der Waals surface area contributed by atoms with Crippen molar-refractivity contribution in [1.29, 1.82) is 0 Å². The van der Waals surface area contributed by atoms with Gasteiger partial charge in [-0.3, -0.25) is 0 Å². The lowest BCUT2D eigenvalue weighted by molar-refractivity contribution is 0.0508. The zero-order valence-corrected chi connectivity index (χ0v) is 10.1. The highest BCUT2D eigenvalue weighted by Gasteiger charge is 2.23. The third kappa shape index (κ3) is 3.05. The maximum atomic E-state index is 11.4. The first-order chi connectivity index (χ1) is 8.31. The summed E-state index contributed by atoms with van der Waals surface area (Å²) in [5.74, 6) is 0.449. The van der Waals surface area contributed by atoms with Gasteiger partial charge in [-0.05, 0) is 24.9 Å². The summed E-state index contributed by atoms with van der Waals surface area (Å²) in [5.41, 5.74) is 0. The summed E-state index contributed by atoms with van der Waals surface area (Å²) in [6.07, 6.45) is 7.09. The Morgan fingerprint density at radius 1 is 1.35 bits per heavy atom. The van der Waals surface area contributed by atoms with E-state index in [1.165, 1.54) is 25.7 Å². The van der Waals surface area contributed by atoms with E-state index in [1.54, 1.807) is 6.92 Å². The van der Waals surface area contributed by atoms with E-state index in [4.69, 9.17) is 9.26 Å². The largest absolute Gasteiger partial charge is 0.460 e. The molecular weight excluding hydrogens is 220 g/mol. The summed E-state index contributed by atoms with van der Waals surface area (Å²) < 4.78 is 9.99. The van der Waals surface area contributed by atoms with Gasteiger partial charge in [-0.2, -0.15) is 4.98 Å². The Kier molecular flexibility index (Phi) is 4.12. The lowest BCUT2D eigenvalue weighted by Crippen LogP contribution is -2.07. The molecule has 94 valence electrons. The minimum atomic E-state index is -0.504. The molecule has 0 aromatic carbocycles.